The molecular formula is C22H33F2IN4O. The molecule has 2 N–H and O–H groups in total. The number of carbonyl (C=O) groups is 1. The normalized spacial score (nSPS) is 20.0. The SMILES string of the molecule is CCNC(=NCCc1c(F)cccc1F)NC1CCN(C(=O)C2CCCCC2)C1.I. The van der Waals surface area contributed by atoms with Gasteiger partial charge in [-0.1, -0.05) is 25.3 Å². The van der Waals surface area contributed by atoms with Crippen molar-refractivity contribution in [1.82, 2.24) is 15.5 Å². The molecule has 168 valence electrons. The highest BCUT2D eigenvalue weighted by Gasteiger charge is 2.31. The molecule has 1 aliphatic heterocycles. The molecule has 0 aromatic heterocycles. The Kier molecular flexibility index (Phi) is 10.3. The van der Waals surface area contributed by atoms with Gasteiger partial charge in [0.15, 0.2) is 5.96 Å². The van der Waals surface area contributed by atoms with Crippen molar-refractivity contribution < 1.29 is 13.6 Å². The Morgan fingerprint density at radius 3 is 2.53 bits per heavy atom. The predicted octanol–water partition coefficient (Wildman–Crippen LogP) is 3.86. The lowest BCUT2D eigenvalue weighted by atomic mass is 9.88. The number of carbonyl (C=O) groups excluding carboxylic acids is 1. The van der Waals surface area contributed by atoms with Crippen LogP contribution in [-0.2, 0) is 11.2 Å². The molecule has 8 heteroatoms. The van der Waals surface area contributed by atoms with Gasteiger partial charge in [0, 0.05) is 43.7 Å². The number of likely N-dealkylation sites (tertiary alicyclic amines) is 1. The van der Waals surface area contributed by atoms with Crippen LogP contribution in [0, 0.1) is 17.6 Å². The highest BCUT2D eigenvalue weighted by atomic mass is 127. The standard InChI is InChI=1S/C22H32F2N4O.HI/c1-2-25-22(26-13-11-18-19(23)9-6-10-20(18)24)27-17-12-14-28(15-17)21(29)16-7-4-3-5-8-16;/h6,9-10,16-17H,2-5,7-8,11-15H2,1H3,(H2,25,26,27);1H. The van der Waals surface area contributed by atoms with Gasteiger partial charge < -0.3 is 15.5 Å². The summed E-state index contributed by atoms with van der Waals surface area (Å²) < 4.78 is 27.5. The van der Waals surface area contributed by atoms with Crippen molar-refractivity contribution >= 4 is 35.8 Å². The number of aliphatic imine (C=N–C) groups is 1. The quantitative estimate of drug-likeness (QED) is 0.331. The third kappa shape index (κ3) is 6.78. The van der Waals surface area contributed by atoms with Crippen molar-refractivity contribution in [3.63, 3.8) is 0 Å². The monoisotopic (exact) mass is 534 g/mol. The number of nitrogens with zero attached hydrogens (tertiary/aromatic N) is 2. The summed E-state index contributed by atoms with van der Waals surface area (Å²) in [5, 5.41) is 6.56. The van der Waals surface area contributed by atoms with Gasteiger partial charge in [-0.05, 0) is 44.7 Å². The molecule has 1 unspecified atom stereocenters. The fraction of sp³-hybridized carbons (Fsp3) is 0.636. The van der Waals surface area contributed by atoms with Gasteiger partial charge in [-0.15, -0.1) is 24.0 Å². The highest BCUT2D eigenvalue weighted by molar-refractivity contribution is 14.0. The van der Waals surface area contributed by atoms with Gasteiger partial charge in [-0.2, -0.15) is 0 Å². The molecule has 1 aromatic rings. The first-order chi connectivity index (χ1) is 14.1. The maximum atomic E-state index is 13.8. The minimum Gasteiger partial charge on any atom is -0.357 e. The molecule has 3 rings (SSSR count). The lowest BCUT2D eigenvalue weighted by Crippen LogP contribution is -2.45. The van der Waals surface area contributed by atoms with Crippen molar-refractivity contribution in [3.05, 3.63) is 35.4 Å². The molecule has 1 heterocycles. The van der Waals surface area contributed by atoms with Gasteiger partial charge in [0.2, 0.25) is 5.91 Å². The second-order valence-electron chi connectivity index (χ2n) is 7.96. The molecule has 0 radical (unpaired) electrons. The summed E-state index contributed by atoms with van der Waals surface area (Å²) in [4.78, 5) is 19.2. The summed E-state index contributed by atoms with van der Waals surface area (Å²) in [7, 11) is 0. The van der Waals surface area contributed by atoms with Crippen LogP contribution in [0.3, 0.4) is 0 Å². The van der Waals surface area contributed by atoms with E-state index in [1.54, 1.807) is 0 Å². The first-order valence-corrected chi connectivity index (χ1v) is 10.8. The van der Waals surface area contributed by atoms with Crippen molar-refractivity contribution in [2.75, 3.05) is 26.2 Å². The number of hydrogen-bond donors (Lipinski definition) is 2. The van der Waals surface area contributed by atoms with Crippen LogP contribution < -0.4 is 10.6 Å². The zero-order chi connectivity index (χ0) is 20.6. The van der Waals surface area contributed by atoms with Crippen LogP contribution in [0.15, 0.2) is 23.2 Å². The number of benzene rings is 1. The largest absolute Gasteiger partial charge is 0.357 e. The lowest BCUT2D eigenvalue weighted by molar-refractivity contribution is -0.135. The van der Waals surface area contributed by atoms with Gasteiger partial charge in [-0.25, -0.2) is 8.78 Å². The van der Waals surface area contributed by atoms with Crippen LogP contribution in [0.1, 0.15) is 51.0 Å². The number of rotatable bonds is 6. The molecule has 1 aromatic carbocycles. The van der Waals surface area contributed by atoms with E-state index >= 15 is 0 Å². The minimum atomic E-state index is -0.536. The molecule has 1 aliphatic carbocycles. The van der Waals surface area contributed by atoms with Crippen LogP contribution >= 0.6 is 24.0 Å². The number of nitrogens with one attached hydrogen (secondary N) is 2. The molecule has 30 heavy (non-hydrogen) atoms. The van der Waals surface area contributed by atoms with E-state index in [4.69, 9.17) is 0 Å². The van der Waals surface area contributed by atoms with Crippen LogP contribution in [0.4, 0.5) is 8.78 Å². The van der Waals surface area contributed by atoms with E-state index in [9.17, 15) is 13.6 Å². The van der Waals surface area contributed by atoms with Crippen molar-refractivity contribution in [2.45, 2.75) is 57.9 Å². The average Bonchev–Trinajstić information content (AvgIpc) is 3.19. The zero-order valence-electron chi connectivity index (χ0n) is 17.6. The molecule has 1 saturated carbocycles. The third-order valence-corrected chi connectivity index (χ3v) is 5.83. The summed E-state index contributed by atoms with van der Waals surface area (Å²) in [6, 6.07) is 4.04. The van der Waals surface area contributed by atoms with E-state index in [1.807, 2.05) is 11.8 Å². The Hall–Kier alpha value is -1.45. The smallest absolute Gasteiger partial charge is 0.225 e. The van der Waals surface area contributed by atoms with E-state index in [0.717, 1.165) is 38.6 Å². The maximum Gasteiger partial charge on any atom is 0.225 e. The van der Waals surface area contributed by atoms with E-state index in [-0.39, 0.29) is 54.5 Å². The Labute approximate surface area is 195 Å². The molecule has 1 amide bonds. The van der Waals surface area contributed by atoms with Gasteiger partial charge in [0.1, 0.15) is 11.6 Å². The number of hydrogen-bond acceptors (Lipinski definition) is 2. The fourth-order valence-corrected chi connectivity index (χ4v) is 4.25. The molecule has 5 nitrogen and oxygen atoms in total. The average molecular weight is 534 g/mol. The number of guanidine groups is 1. The first kappa shape index (κ1) is 24.8. The summed E-state index contributed by atoms with van der Waals surface area (Å²) in [5.74, 6) is 0.0453. The number of amides is 1. The lowest BCUT2D eigenvalue weighted by Gasteiger charge is -2.26. The van der Waals surface area contributed by atoms with Crippen LogP contribution in [0.25, 0.3) is 0 Å². The van der Waals surface area contributed by atoms with Crippen molar-refractivity contribution in [1.29, 1.82) is 0 Å². The van der Waals surface area contributed by atoms with E-state index in [2.05, 4.69) is 15.6 Å². The topological polar surface area (TPSA) is 56.7 Å². The Morgan fingerprint density at radius 2 is 1.87 bits per heavy atom. The molecule has 1 atom stereocenters. The van der Waals surface area contributed by atoms with Gasteiger partial charge in [0.25, 0.3) is 0 Å². The molecule has 0 spiro atoms. The predicted molar refractivity (Wildman–Crippen MR) is 126 cm³/mol. The Balaban J connectivity index is 0.00000320. The highest BCUT2D eigenvalue weighted by Crippen LogP contribution is 2.26. The molecule has 1 saturated heterocycles. The maximum absolute atomic E-state index is 13.8. The number of halogens is 3. The molecule has 0 bridgehead atoms. The van der Waals surface area contributed by atoms with Crippen molar-refractivity contribution in [3.8, 4) is 0 Å². The van der Waals surface area contributed by atoms with Gasteiger partial charge in [-0.3, -0.25) is 9.79 Å². The summed E-state index contributed by atoms with van der Waals surface area (Å²) in [6.45, 7) is 4.40. The fourth-order valence-electron chi connectivity index (χ4n) is 4.25. The Morgan fingerprint density at radius 1 is 1.17 bits per heavy atom. The van der Waals surface area contributed by atoms with E-state index < -0.39 is 11.6 Å². The van der Waals surface area contributed by atoms with Crippen LogP contribution in [0.2, 0.25) is 0 Å². The molecule has 2 fully saturated rings. The van der Waals surface area contributed by atoms with Gasteiger partial charge in [0.05, 0.1) is 0 Å². The summed E-state index contributed by atoms with van der Waals surface area (Å²) >= 11 is 0. The summed E-state index contributed by atoms with van der Waals surface area (Å²) in [6.07, 6.45) is 6.68. The van der Waals surface area contributed by atoms with Crippen LogP contribution in [0.5, 0.6) is 0 Å². The zero-order valence-corrected chi connectivity index (χ0v) is 20.0. The van der Waals surface area contributed by atoms with E-state index in [1.165, 1.54) is 24.6 Å². The van der Waals surface area contributed by atoms with Crippen LogP contribution in [-0.4, -0.2) is 49.0 Å². The molecular weight excluding hydrogens is 501 g/mol. The second-order valence-corrected chi connectivity index (χ2v) is 7.96. The van der Waals surface area contributed by atoms with Crippen molar-refractivity contribution in [2.24, 2.45) is 10.9 Å². The second kappa shape index (κ2) is 12.4. The first-order valence-electron chi connectivity index (χ1n) is 10.8. The molecule has 2 aliphatic rings. The van der Waals surface area contributed by atoms with E-state index in [0.29, 0.717) is 25.0 Å². The Bertz CT molecular complexity index is 705. The summed E-state index contributed by atoms with van der Waals surface area (Å²) in [5.41, 5.74) is 0.0669. The third-order valence-electron chi connectivity index (χ3n) is 5.83. The minimum absolute atomic E-state index is 0. The van der Waals surface area contributed by atoms with Gasteiger partial charge >= 0.3 is 0 Å².